The van der Waals surface area contributed by atoms with Crippen LogP contribution in [0.3, 0.4) is 0 Å². The number of benzene rings is 2. The van der Waals surface area contributed by atoms with Crippen LogP contribution in [0.5, 0.6) is 5.75 Å². The molecule has 0 spiro atoms. The average Bonchev–Trinajstić information content (AvgIpc) is 3.08. The third kappa shape index (κ3) is 4.29. The Kier molecular flexibility index (Phi) is 6.10. The van der Waals surface area contributed by atoms with Gasteiger partial charge in [0.05, 0.1) is 5.39 Å². The van der Waals surface area contributed by atoms with Gasteiger partial charge in [-0.15, -0.1) is 11.3 Å². The van der Waals surface area contributed by atoms with Gasteiger partial charge in [0.15, 0.2) is 0 Å². The molecule has 4 aromatic rings. The highest BCUT2D eigenvalue weighted by atomic mass is 32.1. The second kappa shape index (κ2) is 8.96. The van der Waals surface area contributed by atoms with Crippen molar-refractivity contribution in [2.45, 2.75) is 40.7 Å². The van der Waals surface area contributed by atoms with Crippen LogP contribution in [0.1, 0.15) is 44.7 Å². The van der Waals surface area contributed by atoms with Gasteiger partial charge in [0, 0.05) is 10.4 Å². The lowest BCUT2D eigenvalue weighted by molar-refractivity contribution is 0.101. The molecule has 1 N–H and O–H groups in total. The highest BCUT2D eigenvalue weighted by Gasteiger charge is 2.16. The average molecular weight is 448 g/mol. The molecule has 0 aliphatic heterocycles. The summed E-state index contributed by atoms with van der Waals surface area (Å²) < 4.78 is 7.08. The third-order valence-electron chi connectivity index (χ3n) is 5.51. The summed E-state index contributed by atoms with van der Waals surface area (Å²) in [5, 5.41) is 0.551. The van der Waals surface area contributed by atoms with E-state index in [1.165, 1.54) is 21.6 Å². The van der Waals surface area contributed by atoms with Crippen molar-refractivity contribution in [1.82, 2.24) is 9.66 Å². The number of ether oxygens (including phenoxy) is 1. The SMILES string of the molecule is CCc1ccc(OCc2cccc(C(=O)Nn3c(C)nc4sc(C)c(C)c4c3=O)c2)cc1. The largest absolute Gasteiger partial charge is 0.489 e. The Hall–Kier alpha value is -3.45. The van der Waals surface area contributed by atoms with Gasteiger partial charge in [-0.25, -0.2) is 9.66 Å². The fraction of sp³-hybridized carbons (Fsp3) is 0.240. The Balaban J connectivity index is 1.53. The molecule has 0 fully saturated rings. The number of nitrogens with one attached hydrogen (secondary N) is 1. The highest BCUT2D eigenvalue weighted by molar-refractivity contribution is 7.18. The molecule has 2 aromatic heterocycles. The number of aromatic nitrogens is 2. The normalized spacial score (nSPS) is 11.0. The number of carbonyl (C=O) groups excluding carboxylic acids is 1. The number of rotatable bonds is 6. The number of hydrogen-bond donors (Lipinski definition) is 1. The molecule has 0 aliphatic rings. The maximum atomic E-state index is 13.0. The molecule has 7 heteroatoms. The summed E-state index contributed by atoms with van der Waals surface area (Å²) >= 11 is 1.49. The maximum absolute atomic E-state index is 13.0. The number of amides is 1. The number of nitrogens with zero attached hydrogens (tertiary/aromatic N) is 2. The quantitative estimate of drug-likeness (QED) is 0.456. The number of fused-ring (bicyclic) bond motifs is 1. The lowest BCUT2D eigenvalue weighted by Crippen LogP contribution is -2.35. The van der Waals surface area contributed by atoms with E-state index in [9.17, 15) is 9.59 Å². The first kappa shape index (κ1) is 21.8. The fourth-order valence-electron chi connectivity index (χ4n) is 3.48. The molecule has 0 radical (unpaired) electrons. The Morgan fingerprint density at radius 3 is 2.56 bits per heavy atom. The zero-order valence-electron chi connectivity index (χ0n) is 18.6. The minimum Gasteiger partial charge on any atom is -0.489 e. The van der Waals surface area contributed by atoms with Crippen LogP contribution in [0.25, 0.3) is 10.2 Å². The molecule has 164 valence electrons. The molecule has 6 nitrogen and oxygen atoms in total. The zero-order valence-corrected chi connectivity index (χ0v) is 19.4. The van der Waals surface area contributed by atoms with Crippen LogP contribution >= 0.6 is 11.3 Å². The van der Waals surface area contributed by atoms with Gasteiger partial charge in [0.25, 0.3) is 11.5 Å². The van der Waals surface area contributed by atoms with E-state index in [2.05, 4.69) is 17.3 Å². The molecule has 0 atom stereocenters. The van der Waals surface area contributed by atoms with Crippen LogP contribution in [0, 0.1) is 20.8 Å². The van der Waals surface area contributed by atoms with Crippen molar-refractivity contribution in [3.63, 3.8) is 0 Å². The van der Waals surface area contributed by atoms with Gasteiger partial charge in [-0.05, 0) is 68.1 Å². The molecule has 0 bridgehead atoms. The smallest absolute Gasteiger partial charge is 0.281 e. The van der Waals surface area contributed by atoms with Gasteiger partial charge < -0.3 is 4.74 Å². The number of hydrogen-bond acceptors (Lipinski definition) is 5. The van der Waals surface area contributed by atoms with Crippen LogP contribution in [0.15, 0.2) is 53.3 Å². The van der Waals surface area contributed by atoms with Crippen LogP contribution in [-0.4, -0.2) is 15.6 Å². The summed E-state index contributed by atoms with van der Waals surface area (Å²) in [6.07, 6.45) is 0.980. The van der Waals surface area contributed by atoms with Gasteiger partial charge in [0.2, 0.25) is 0 Å². The topological polar surface area (TPSA) is 73.2 Å². The van der Waals surface area contributed by atoms with Crippen molar-refractivity contribution < 1.29 is 9.53 Å². The number of carbonyl (C=O) groups is 1. The number of thiophene rings is 1. The zero-order chi connectivity index (χ0) is 22.8. The second-order valence-electron chi connectivity index (χ2n) is 7.69. The van der Waals surface area contributed by atoms with Crippen LogP contribution in [-0.2, 0) is 13.0 Å². The van der Waals surface area contributed by atoms with E-state index >= 15 is 0 Å². The van der Waals surface area contributed by atoms with Crippen molar-refractivity contribution in [3.8, 4) is 5.75 Å². The Morgan fingerprint density at radius 2 is 1.84 bits per heavy atom. The van der Waals surface area contributed by atoms with Crippen molar-refractivity contribution in [2.24, 2.45) is 0 Å². The molecule has 0 unspecified atom stereocenters. The monoisotopic (exact) mass is 447 g/mol. The summed E-state index contributed by atoms with van der Waals surface area (Å²) in [6, 6.07) is 15.2. The number of aryl methyl sites for hydroxylation is 4. The molecular weight excluding hydrogens is 422 g/mol. The highest BCUT2D eigenvalue weighted by Crippen LogP contribution is 2.26. The molecule has 0 saturated heterocycles. The van der Waals surface area contributed by atoms with E-state index in [1.807, 2.05) is 44.2 Å². The molecule has 0 saturated carbocycles. The first-order valence-electron chi connectivity index (χ1n) is 10.5. The van der Waals surface area contributed by atoms with E-state index < -0.39 is 0 Å². The van der Waals surface area contributed by atoms with Gasteiger partial charge in [-0.3, -0.25) is 15.0 Å². The minimum atomic E-state index is -0.380. The van der Waals surface area contributed by atoms with E-state index in [0.717, 1.165) is 28.2 Å². The van der Waals surface area contributed by atoms with Gasteiger partial charge in [0.1, 0.15) is 23.0 Å². The summed E-state index contributed by atoms with van der Waals surface area (Å²) in [5.74, 6) is 0.835. The summed E-state index contributed by atoms with van der Waals surface area (Å²) in [6.45, 7) is 8.02. The molecule has 0 aliphatic carbocycles. The lowest BCUT2D eigenvalue weighted by atomic mass is 10.1. The first-order chi connectivity index (χ1) is 15.4. The van der Waals surface area contributed by atoms with Crippen molar-refractivity contribution in [3.05, 3.63) is 91.8 Å². The van der Waals surface area contributed by atoms with Crippen LogP contribution < -0.4 is 15.7 Å². The summed E-state index contributed by atoms with van der Waals surface area (Å²) in [4.78, 5) is 32.2. The molecule has 4 rings (SSSR count). The van der Waals surface area contributed by atoms with Gasteiger partial charge >= 0.3 is 0 Å². The maximum Gasteiger partial charge on any atom is 0.281 e. The first-order valence-corrected chi connectivity index (χ1v) is 11.3. The lowest BCUT2D eigenvalue weighted by Gasteiger charge is -2.12. The molecule has 2 heterocycles. The van der Waals surface area contributed by atoms with Crippen molar-refractivity contribution in [2.75, 3.05) is 5.43 Å². The van der Waals surface area contributed by atoms with Crippen LogP contribution in [0.2, 0.25) is 0 Å². The van der Waals surface area contributed by atoms with Gasteiger partial charge in [-0.1, -0.05) is 31.2 Å². The Bertz CT molecular complexity index is 1350. The van der Waals surface area contributed by atoms with E-state index in [0.29, 0.717) is 28.2 Å². The van der Waals surface area contributed by atoms with Crippen LogP contribution in [0.4, 0.5) is 0 Å². The standard InChI is InChI=1S/C25H25N3O3S/c1-5-18-9-11-21(12-10-18)31-14-19-7-6-8-20(13-19)23(29)27-28-17(4)26-24-22(25(28)30)15(2)16(3)32-24/h6-13H,5,14H2,1-4H3,(H,27,29). The molecule has 32 heavy (non-hydrogen) atoms. The van der Waals surface area contributed by atoms with Crippen molar-refractivity contribution >= 4 is 27.5 Å². The Labute approximate surface area is 190 Å². The van der Waals surface area contributed by atoms with Gasteiger partial charge in [-0.2, -0.15) is 0 Å². The second-order valence-corrected chi connectivity index (χ2v) is 8.89. The van der Waals surface area contributed by atoms with E-state index in [1.54, 1.807) is 25.1 Å². The molecule has 1 amide bonds. The van der Waals surface area contributed by atoms with E-state index in [4.69, 9.17) is 4.74 Å². The minimum absolute atomic E-state index is 0.266. The molecule has 2 aromatic carbocycles. The molecular formula is C25H25N3O3S. The fourth-order valence-corrected chi connectivity index (χ4v) is 4.55. The predicted molar refractivity (Wildman–Crippen MR) is 128 cm³/mol. The Morgan fingerprint density at radius 1 is 1.09 bits per heavy atom. The predicted octanol–water partition coefficient (Wildman–Crippen LogP) is 4.91. The summed E-state index contributed by atoms with van der Waals surface area (Å²) in [5.41, 5.74) is 5.89. The third-order valence-corrected chi connectivity index (χ3v) is 6.61. The van der Waals surface area contributed by atoms with Crippen molar-refractivity contribution in [1.29, 1.82) is 0 Å². The summed E-state index contributed by atoms with van der Waals surface area (Å²) in [7, 11) is 0. The van der Waals surface area contributed by atoms with E-state index in [-0.39, 0.29) is 11.5 Å².